The van der Waals surface area contributed by atoms with E-state index in [-0.39, 0.29) is 36.9 Å². The van der Waals surface area contributed by atoms with Gasteiger partial charge in [0.2, 0.25) is 6.10 Å². The number of nitrogens with zero attached hydrogens (tertiary/aromatic N) is 2. The highest BCUT2D eigenvalue weighted by Gasteiger charge is 2.26. The zero-order chi connectivity index (χ0) is 28.9. The molecule has 2 aliphatic heterocycles. The first-order chi connectivity index (χ1) is 19.8. The minimum atomic E-state index is -1.16. The van der Waals surface area contributed by atoms with Crippen LogP contribution in [0.15, 0.2) is 66.7 Å². The highest BCUT2D eigenvalue weighted by Crippen LogP contribution is 2.28. The number of halogens is 2. The van der Waals surface area contributed by atoms with Crippen molar-refractivity contribution in [3.05, 3.63) is 89.0 Å². The second kappa shape index (κ2) is 14.8. The molecule has 2 heterocycles. The SMILES string of the molecule is COc1ccc(C(N)=[N+]2CCC(Oc3ccc(C(Oc4ccc5c(c4)C[N+](=C(N)N)CC5)C(=O)O)cc3)CC2)cc1.[Cl-].[Cl-]. The van der Waals surface area contributed by atoms with E-state index >= 15 is 0 Å². The Kier molecular flexibility index (Phi) is 11.5. The molecule has 0 aliphatic carbocycles. The predicted octanol–water partition coefficient (Wildman–Crippen LogP) is -3.79. The Morgan fingerprint density at radius 1 is 0.837 bits per heavy atom. The molecular formula is C31H37Cl2N5O5. The van der Waals surface area contributed by atoms with E-state index in [0.29, 0.717) is 23.6 Å². The Hall–Kier alpha value is -4.15. The van der Waals surface area contributed by atoms with Gasteiger partial charge in [-0.15, -0.1) is 0 Å². The summed E-state index contributed by atoms with van der Waals surface area (Å²) in [6.45, 7) is 2.87. The number of aliphatic carboxylic acids is 1. The van der Waals surface area contributed by atoms with Crippen LogP contribution >= 0.6 is 0 Å². The number of rotatable bonds is 8. The molecule has 7 N–H and O–H groups in total. The highest BCUT2D eigenvalue weighted by atomic mass is 35.5. The number of guanidine groups is 1. The van der Waals surface area contributed by atoms with Crippen LogP contribution in [0, 0.1) is 0 Å². The molecule has 5 rings (SSSR count). The van der Waals surface area contributed by atoms with Gasteiger partial charge >= 0.3 is 11.9 Å². The summed E-state index contributed by atoms with van der Waals surface area (Å²) in [5.74, 6) is 1.90. The van der Waals surface area contributed by atoms with Gasteiger partial charge < -0.3 is 44.1 Å². The number of hydrogen-bond acceptors (Lipinski definition) is 4. The Bertz CT molecular complexity index is 1460. The van der Waals surface area contributed by atoms with Crippen molar-refractivity contribution in [2.75, 3.05) is 26.7 Å². The average Bonchev–Trinajstić information content (AvgIpc) is 3.00. The van der Waals surface area contributed by atoms with Gasteiger partial charge in [0.25, 0.3) is 5.84 Å². The largest absolute Gasteiger partial charge is 1.00 e. The van der Waals surface area contributed by atoms with E-state index in [4.69, 9.17) is 31.4 Å². The molecule has 1 unspecified atom stereocenters. The third-order valence-electron chi connectivity index (χ3n) is 7.69. The van der Waals surface area contributed by atoms with E-state index in [1.54, 1.807) is 31.4 Å². The zero-order valence-corrected chi connectivity index (χ0v) is 25.4. The fourth-order valence-electron chi connectivity index (χ4n) is 5.30. The van der Waals surface area contributed by atoms with Gasteiger partial charge in [-0.1, -0.05) is 18.2 Å². The minimum Gasteiger partial charge on any atom is -1.00 e. The van der Waals surface area contributed by atoms with Gasteiger partial charge in [-0.2, -0.15) is 0 Å². The Morgan fingerprint density at radius 2 is 1.47 bits per heavy atom. The second-order valence-corrected chi connectivity index (χ2v) is 10.4. The van der Waals surface area contributed by atoms with Gasteiger partial charge in [0.15, 0.2) is 0 Å². The molecular weight excluding hydrogens is 593 g/mol. The maximum atomic E-state index is 12.1. The summed E-state index contributed by atoms with van der Waals surface area (Å²) < 4.78 is 21.4. The van der Waals surface area contributed by atoms with Crippen LogP contribution in [0.2, 0.25) is 0 Å². The Morgan fingerprint density at radius 3 is 2.07 bits per heavy atom. The molecule has 1 fully saturated rings. The maximum absolute atomic E-state index is 12.1. The first-order valence-corrected chi connectivity index (χ1v) is 13.7. The van der Waals surface area contributed by atoms with Gasteiger partial charge in [-0.25, -0.2) is 4.79 Å². The number of methoxy groups -OCH3 is 1. The van der Waals surface area contributed by atoms with Crippen molar-refractivity contribution in [3.63, 3.8) is 0 Å². The van der Waals surface area contributed by atoms with Crippen molar-refractivity contribution >= 4 is 17.8 Å². The minimum absolute atomic E-state index is 0. The van der Waals surface area contributed by atoms with E-state index in [0.717, 1.165) is 61.6 Å². The lowest BCUT2D eigenvalue weighted by atomic mass is 10.0. The van der Waals surface area contributed by atoms with Crippen molar-refractivity contribution in [1.29, 1.82) is 0 Å². The van der Waals surface area contributed by atoms with Crippen LogP contribution in [-0.2, 0) is 17.8 Å². The average molecular weight is 631 g/mol. The van der Waals surface area contributed by atoms with Crippen LogP contribution in [0.25, 0.3) is 0 Å². The number of carboxylic acid groups (broad SMARTS) is 1. The number of benzene rings is 3. The third kappa shape index (κ3) is 8.03. The monoisotopic (exact) mass is 629 g/mol. The fourth-order valence-corrected chi connectivity index (χ4v) is 5.30. The lowest BCUT2D eigenvalue weighted by molar-refractivity contribution is -0.549. The van der Waals surface area contributed by atoms with E-state index in [9.17, 15) is 9.90 Å². The number of amidine groups is 1. The summed E-state index contributed by atoms with van der Waals surface area (Å²) in [6.07, 6.45) is 1.34. The Labute approximate surface area is 263 Å². The van der Waals surface area contributed by atoms with Crippen molar-refractivity contribution in [3.8, 4) is 17.2 Å². The molecule has 0 amide bonds. The summed E-state index contributed by atoms with van der Waals surface area (Å²) >= 11 is 0. The van der Waals surface area contributed by atoms with Crippen LogP contribution in [-0.4, -0.2) is 64.9 Å². The van der Waals surface area contributed by atoms with Gasteiger partial charge in [0.05, 0.1) is 38.9 Å². The summed E-state index contributed by atoms with van der Waals surface area (Å²) in [6, 6.07) is 20.4. The number of piperidine rings is 1. The summed E-state index contributed by atoms with van der Waals surface area (Å²) in [5.41, 5.74) is 21.6. The topological polar surface area (TPSA) is 149 Å². The van der Waals surface area contributed by atoms with Crippen molar-refractivity contribution in [2.45, 2.75) is 38.0 Å². The standard InChI is InChI=1S/C31H35N5O5.2ClH/c1-39-24-7-5-22(6-8-24)29(32)35-16-13-26(14-17-35)40-25-9-3-21(4-10-25)28(30(37)38)41-27-11-2-20-12-15-36(31(33)34)19-23(20)18-27;;/h2-11,18,26,28,32H,12-17,19H2,1H3,(H4,33,34,37,38);2*1H. The van der Waals surface area contributed by atoms with Crippen molar-refractivity contribution in [1.82, 2.24) is 0 Å². The Balaban J connectivity index is 0.00000253. The lowest BCUT2D eigenvalue weighted by Crippen LogP contribution is -3.00. The number of nitrogens with two attached hydrogens (primary N) is 3. The molecule has 0 saturated carbocycles. The first kappa shape index (κ1) is 33.4. The number of carboxylic acids is 1. The third-order valence-corrected chi connectivity index (χ3v) is 7.69. The lowest BCUT2D eigenvalue weighted by Gasteiger charge is -2.25. The molecule has 10 nitrogen and oxygen atoms in total. The van der Waals surface area contributed by atoms with E-state index in [2.05, 4.69) is 4.58 Å². The molecule has 12 heteroatoms. The fraction of sp³-hybridized carbons (Fsp3) is 0.323. The first-order valence-electron chi connectivity index (χ1n) is 13.7. The van der Waals surface area contributed by atoms with Gasteiger partial charge in [0.1, 0.15) is 23.4 Å². The van der Waals surface area contributed by atoms with Gasteiger partial charge in [-0.3, -0.25) is 26.4 Å². The maximum Gasteiger partial charge on any atom is 0.349 e. The molecule has 0 radical (unpaired) electrons. The highest BCUT2D eigenvalue weighted by molar-refractivity contribution is 5.93. The molecule has 0 aromatic heterocycles. The van der Waals surface area contributed by atoms with Crippen LogP contribution in [0.5, 0.6) is 17.2 Å². The number of fused-ring (bicyclic) bond motifs is 1. The van der Waals surface area contributed by atoms with Crippen molar-refractivity contribution < 1.29 is 58.1 Å². The van der Waals surface area contributed by atoms with Gasteiger partial charge in [0, 0.05) is 24.8 Å². The summed E-state index contributed by atoms with van der Waals surface area (Å²) in [7, 11) is 1.64. The van der Waals surface area contributed by atoms with E-state index in [1.807, 2.05) is 47.0 Å². The normalized spacial score (nSPS) is 16.4. The van der Waals surface area contributed by atoms with Gasteiger partial charge in [-0.05, 0) is 59.7 Å². The van der Waals surface area contributed by atoms with E-state index in [1.165, 1.54) is 5.56 Å². The molecule has 3 aromatic carbocycles. The number of ether oxygens (including phenoxy) is 3. The molecule has 3 aromatic rings. The summed E-state index contributed by atoms with van der Waals surface area (Å²) in [5, 5.41) is 9.93. The molecule has 0 bridgehead atoms. The van der Waals surface area contributed by atoms with Crippen LogP contribution in [0.1, 0.15) is 41.2 Å². The molecule has 1 atom stereocenters. The van der Waals surface area contributed by atoms with Crippen LogP contribution in [0.4, 0.5) is 0 Å². The number of hydrogen-bond donors (Lipinski definition) is 4. The van der Waals surface area contributed by atoms with E-state index < -0.39 is 12.1 Å². The zero-order valence-electron chi connectivity index (χ0n) is 23.9. The van der Waals surface area contributed by atoms with Crippen LogP contribution in [0.3, 0.4) is 0 Å². The van der Waals surface area contributed by atoms with Crippen molar-refractivity contribution in [2.24, 2.45) is 17.2 Å². The summed E-state index contributed by atoms with van der Waals surface area (Å²) in [4.78, 5) is 12.1. The van der Waals surface area contributed by atoms with Crippen LogP contribution < -0.4 is 56.2 Å². The molecule has 0 spiro atoms. The predicted molar refractivity (Wildman–Crippen MR) is 155 cm³/mol. The smallest absolute Gasteiger partial charge is 0.349 e. The quantitative estimate of drug-likeness (QED) is 0.146. The molecule has 230 valence electrons. The molecule has 43 heavy (non-hydrogen) atoms. The number of carbonyl (C=O) groups is 1. The molecule has 2 aliphatic rings. The second-order valence-electron chi connectivity index (χ2n) is 10.4. The molecule has 1 saturated heterocycles.